The van der Waals surface area contributed by atoms with E-state index in [2.05, 4.69) is 0 Å². The van der Waals surface area contributed by atoms with Crippen LogP contribution in [-0.4, -0.2) is 104 Å². The molecule has 0 aliphatic carbocycles. The summed E-state index contributed by atoms with van der Waals surface area (Å²) in [6.07, 6.45) is -13.9. The summed E-state index contributed by atoms with van der Waals surface area (Å²) in [4.78, 5) is 0. The molecule has 2 rings (SSSR count). The van der Waals surface area contributed by atoms with E-state index in [1.807, 2.05) is 20.8 Å². The molecule has 10 nitrogen and oxygen atoms in total. The molecule has 7 N–H and O–H groups in total. The van der Waals surface area contributed by atoms with Crippen LogP contribution in [0, 0.1) is 11.8 Å². The molecule has 2 fully saturated rings. The smallest absolute Gasteiger partial charge is 0.189 e. The van der Waals surface area contributed by atoms with E-state index in [4.69, 9.17) is 14.2 Å². The van der Waals surface area contributed by atoms with Crippen LogP contribution in [0.2, 0.25) is 0 Å². The minimum absolute atomic E-state index is 0.153. The zero-order valence-corrected chi connectivity index (χ0v) is 15.7. The van der Waals surface area contributed by atoms with Crippen molar-refractivity contribution >= 4 is 0 Å². The van der Waals surface area contributed by atoms with Crippen molar-refractivity contribution in [1.29, 1.82) is 0 Å². The van der Waals surface area contributed by atoms with Gasteiger partial charge in [0, 0.05) is 0 Å². The first-order valence-corrected chi connectivity index (χ1v) is 9.24. The van der Waals surface area contributed by atoms with Gasteiger partial charge in [0.1, 0.15) is 42.7 Å². The van der Waals surface area contributed by atoms with Crippen molar-refractivity contribution in [1.82, 2.24) is 0 Å². The van der Waals surface area contributed by atoms with Crippen LogP contribution in [0.3, 0.4) is 0 Å². The van der Waals surface area contributed by atoms with Gasteiger partial charge in [-0.25, -0.2) is 0 Å². The largest absolute Gasteiger partial charge is 0.394 e. The molecule has 0 radical (unpaired) electrons. The first-order chi connectivity index (χ1) is 12.6. The number of rotatable bonds is 6. The van der Waals surface area contributed by atoms with Crippen LogP contribution in [0.25, 0.3) is 0 Å². The van der Waals surface area contributed by atoms with Crippen LogP contribution >= 0.6 is 0 Å². The lowest BCUT2D eigenvalue weighted by molar-refractivity contribution is -0.376. The highest BCUT2D eigenvalue weighted by molar-refractivity contribution is 4.92. The highest BCUT2D eigenvalue weighted by atomic mass is 16.8. The second kappa shape index (κ2) is 9.40. The highest BCUT2D eigenvalue weighted by Crippen LogP contribution is 2.31. The Balaban J connectivity index is 2.09. The molecule has 11 atom stereocenters. The van der Waals surface area contributed by atoms with Crippen LogP contribution in [0.15, 0.2) is 0 Å². The molecule has 0 spiro atoms. The molecule has 0 aromatic rings. The highest BCUT2D eigenvalue weighted by Gasteiger charge is 2.49. The summed E-state index contributed by atoms with van der Waals surface area (Å²) in [5, 5.41) is 69.4. The van der Waals surface area contributed by atoms with Crippen LogP contribution in [0.4, 0.5) is 0 Å². The third kappa shape index (κ3) is 4.96. The second-order valence-electron chi connectivity index (χ2n) is 7.81. The predicted octanol–water partition coefficient (Wildman–Crippen LogP) is -2.71. The lowest BCUT2D eigenvalue weighted by Crippen LogP contribution is -2.63. The van der Waals surface area contributed by atoms with Gasteiger partial charge < -0.3 is 50.0 Å². The number of aliphatic hydroxyl groups excluding tert-OH is 7. The van der Waals surface area contributed by atoms with E-state index in [1.165, 1.54) is 0 Å². The standard InChI is InChI=1S/C17H32O10/c1-6(2)7(3)4-8-10(19)12(21)14(23)16(25-8)27-17-15(24)13(22)11(20)9(5-18)26-17/h6-24H,4-5H2,1-3H3/t7?,8-,9-,10-,11-,12+,13+,14-,15-,16-,17-/m1/s1. The van der Waals surface area contributed by atoms with E-state index in [-0.39, 0.29) is 5.92 Å². The van der Waals surface area contributed by atoms with Gasteiger partial charge in [-0.3, -0.25) is 0 Å². The summed E-state index contributed by atoms with van der Waals surface area (Å²) in [5.74, 6) is 0.453. The molecule has 2 saturated heterocycles. The summed E-state index contributed by atoms with van der Waals surface area (Å²) in [6, 6.07) is 0. The Morgan fingerprint density at radius 2 is 1.15 bits per heavy atom. The SMILES string of the molecule is CC(C)C(C)C[C@H]1O[C@H](O[C@H]2O[C@H](CO)[C@@H](O)[C@H](O)[C@H]2O)[C@H](O)[C@@H](O)[C@@H]1O. The zero-order chi connectivity index (χ0) is 20.5. The van der Waals surface area contributed by atoms with Crippen molar-refractivity contribution in [3.63, 3.8) is 0 Å². The minimum atomic E-state index is -1.67. The fraction of sp³-hybridized carbons (Fsp3) is 1.00. The van der Waals surface area contributed by atoms with Crippen LogP contribution in [0.5, 0.6) is 0 Å². The molecule has 0 aromatic heterocycles. The first-order valence-electron chi connectivity index (χ1n) is 9.24. The summed E-state index contributed by atoms with van der Waals surface area (Å²) < 4.78 is 16.2. The third-order valence-corrected chi connectivity index (χ3v) is 5.53. The van der Waals surface area contributed by atoms with Gasteiger partial charge in [0.25, 0.3) is 0 Å². The van der Waals surface area contributed by atoms with E-state index in [0.29, 0.717) is 12.3 Å². The van der Waals surface area contributed by atoms with E-state index in [0.717, 1.165) is 0 Å². The normalized spacial score (nSPS) is 47.2. The second-order valence-corrected chi connectivity index (χ2v) is 7.81. The quantitative estimate of drug-likeness (QED) is 0.251. The van der Waals surface area contributed by atoms with Gasteiger partial charge in [-0.15, -0.1) is 0 Å². The first kappa shape index (κ1) is 22.9. The van der Waals surface area contributed by atoms with Crippen molar-refractivity contribution in [3.05, 3.63) is 0 Å². The molecule has 2 aliphatic rings. The average Bonchev–Trinajstić information content (AvgIpc) is 2.63. The summed E-state index contributed by atoms with van der Waals surface area (Å²) in [6.45, 7) is 5.35. The molecule has 1 unspecified atom stereocenters. The van der Waals surface area contributed by atoms with Gasteiger partial charge in [0.05, 0.1) is 12.7 Å². The number of hydrogen-bond donors (Lipinski definition) is 7. The Morgan fingerprint density at radius 1 is 0.704 bits per heavy atom. The average molecular weight is 396 g/mol. The summed E-state index contributed by atoms with van der Waals surface area (Å²) in [5.41, 5.74) is 0. The number of ether oxygens (including phenoxy) is 3. The van der Waals surface area contributed by atoms with Crippen molar-refractivity contribution in [2.75, 3.05) is 6.61 Å². The van der Waals surface area contributed by atoms with Crippen LogP contribution < -0.4 is 0 Å². The van der Waals surface area contributed by atoms with Crippen molar-refractivity contribution < 1.29 is 50.0 Å². The molecular formula is C17H32O10. The maximum atomic E-state index is 10.2. The summed E-state index contributed by atoms with van der Waals surface area (Å²) >= 11 is 0. The van der Waals surface area contributed by atoms with Gasteiger partial charge in [0.2, 0.25) is 0 Å². The minimum Gasteiger partial charge on any atom is -0.394 e. The van der Waals surface area contributed by atoms with Crippen LogP contribution in [-0.2, 0) is 14.2 Å². The number of aliphatic hydroxyl groups is 7. The van der Waals surface area contributed by atoms with Crippen molar-refractivity contribution in [2.45, 2.75) is 88.6 Å². The Bertz CT molecular complexity index is 461. The fourth-order valence-corrected chi connectivity index (χ4v) is 3.17. The van der Waals surface area contributed by atoms with Gasteiger partial charge >= 0.3 is 0 Å². The van der Waals surface area contributed by atoms with Gasteiger partial charge in [0.15, 0.2) is 12.6 Å². The van der Waals surface area contributed by atoms with E-state index in [1.54, 1.807) is 0 Å². The van der Waals surface area contributed by atoms with Gasteiger partial charge in [-0.2, -0.15) is 0 Å². The molecule has 2 heterocycles. The Morgan fingerprint density at radius 3 is 1.59 bits per heavy atom. The molecule has 0 aromatic carbocycles. The molecule has 10 heteroatoms. The summed E-state index contributed by atoms with van der Waals surface area (Å²) in [7, 11) is 0. The van der Waals surface area contributed by atoms with E-state index < -0.39 is 68.0 Å². The predicted molar refractivity (Wildman–Crippen MR) is 90.2 cm³/mol. The zero-order valence-electron chi connectivity index (χ0n) is 15.7. The molecular weight excluding hydrogens is 364 g/mol. The Kier molecular flexibility index (Phi) is 7.97. The molecule has 0 saturated carbocycles. The molecule has 27 heavy (non-hydrogen) atoms. The molecule has 160 valence electrons. The molecule has 0 amide bonds. The molecule has 2 aliphatic heterocycles. The number of hydrogen-bond acceptors (Lipinski definition) is 10. The van der Waals surface area contributed by atoms with E-state index in [9.17, 15) is 35.7 Å². The third-order valence-electron chi connectivity index (χ3n) is 5.53. The molecule has 0 bridgehead atoms. The Hall–Kier alpha value is -0.400. The lowest BCUT2D eigenvalue weighted by atomic mass is 9.87. The lowest BCUT2D eigenvalue weighted by Gasteiger charge is -2.45. The van der Waals surface area contributed by atoms with Crippen molar-refractivity contribution in [2.24, 2.45) is 11.8 Å². The Labute approximate surface area is 157 Å². The van der Waals surface area contributed by atoms with Crippen molar-refractivity contribution in [3.8, 4) is 0 Å². The fourth-order valence-electron chi connectivity index (χ4n) is 3.17. The van der Waals surface area contributed by atoms with Gasteiger partial charge in [-0.1, -0.05) is 20.8 Å². The monoisotopic (exact) mass is 396 g/mol. The maximum Gasteiger partial charge on any atom is 0.189 e. The van der Waals surface area contributed by atoms with E-state index >= 15 is 0 Å². The van der Waals surface area contributed by atoms with Crippen LogP contribution in [0.1, 0.15) is 27.2 Å². The van der Waals surface area contributed by atoms with Gasteiger partial charge in [-0.05, 0) is 18.3 Å². The maximum absolute atomic E-state index is 10.2. The topological polar surface area (TPSA) is 169 Å².